The third-order valence-electron chi connectivity index (χ3n) is 3.89. The maximum Gasteiger partial charge on any atom is 0.245 e. The zero-order valence-electron chi connectivity index (χ0n) is 13.0. The van der Waals surface area contributed by atoms with E-state index in [-0.39, 0.29) is 11.9 Å². The fraction of sp³-hybridized carbons (Fsp3) is 0.643. The number of thioether (sulfide) groups is 1. The van der Waals surface area contributed by atoms with E-state index < -0.39 is 10.0 Å². The van der Waals surface area contributed by atoms with E-state index >= 15 is 0 Å². The SMILES string of the molecule is CSCC[C@@H](C(=O)N1CCN(S(C)(=O)=O)CC1)n1cccc1. The van der Waals surface area contributed by atoms with Crippen LogP contribution in [0.5, 0.6) is 0 Å². The van der Waals surface area contributed by atoms with Gasteiger partial charge in [-0.05, 0) is 30.6 Å². The Bertz CT molecular complexity index is 578. The summed E-state index contributed by atoms with van der Waals surface area (Å²) in [7, 11) is -3.17. The van der Waals surface area contributed by atoms with Gasteiger partial charge < -0.3 is 9.47 Å². The summed E-state index contributed by atoms with van der Waals surface area (Å²) in [6.45, 7) is 1.68. The normalized spacial score (nSPS) is 18.4. The van der Waals surface area contributed by atoms with Gasteiger partial charge in [0.25, 0.3) is 0 Å². The number of aromatic nitrogens is 1. The van der Waals surface area contributed by atoms with Gasteiger partial charge in [0.2, 0.25) is 15.9 Å². The maximum absolute atomic E-state index is 12.8. The highest BCUT2D eigenvalue weighted by Gasteiger charge is 2.30. The van der Waals surface area contributed by atoms with Crippen molar-refractivity contribution in [3.05, 3.63) is 24.5 Å². The Kier molecular flexibility index (Phi) is 5.94. The van der Waals surface area contributed by atoms with Crippen LogP contribution in [0.2, 0.25) is 0 Å². The highest BCUT2D eigenvalue weighted by Crippen LogP contribution is 2.19. The average Bonchev–Trinajstić information content (AvgIpc) is 3.01. The van der Waals surface area contributed by atoms with Gasteiger partial charge in [0.1, 0.15) is 6.04 Å². The van der Waals surface area contributed by atoms with Crippen molar-refractivity contribution < 1.29 is 13.2 Å². The molecule has 0 radical (unpaired) electrons. The van der Waals surface area contributed by atoms with Crippen LogP contribution in [0.3, 0.4) is 0 Å². The summed E-state index contributed by atoms with van der Waals surface area (Å²) in [6, 6.07) is 3.63. The maximum atomic E-state index is 12.8. The molecule has 124 valence electrons. The molecule has 22 heavy (non-hydrogen) atoms. The minimum atomic E-state index is -3.17. The van der Waals surface area contributed by atoms with Crippen molar-refractivity contribution in [1.82, 2.24) is 13.8 Å². The summed E-state index contributed by atoms with van der Waals surface area (Å²) < 4.78 is 26.5. The molecule has 0 aromatic carbocycles. The first-order valence-electron chi connectivity index (χ1n) is 7.29. The molecule has 2 heterocycles. The van der Waals surface area contributed by atoms with E-state index in [1.807, 2.05) is 35.3 Å². The Morgan fingerprint density at radius 1 is 1.18 bits per heavy atom. The van der Waals surface area contributed by atoms with Crippen molar-refractivity contribution in [2.45, 2.75) is 12.5 Å². The van der Waals surface area contributed by atoms with Gasteiger partial charge >= 0.3 is 0 Å². The second-order valence-corrected chi connectivity index (χ2v) is 8.38. The Hall–Kier alpha value is -0.990. The summed E-state index contributed by atoms with van der Waals surface area (Å²) in [5.41, 5.74) is 0. The summed E-state index contributed by atoms with van der Waals surface area (Å²) in [6.07, 6.45) is 7.85. The molecule has 1 aliphatic heterocycles. The fourth-order valence-corrected chi connectivity index (χ4v) is 3.92. The van der Waals surface area contributed by atoms with Gasteiger partial charge in [-0.15, -0.1) is 0 Å². The molecule has 0 unspecified atom stereocenters. The molecule has 1 aromatic heterocycles. The molecule has 2 rings (SSSR count). The Morgan fingerprint density at radius 3 is 2.27 bits per heavy atom. The van der Waals surface area contributed by atoms with Gasteiger partial charge in [0.05, 0.1) is 6.26 Å². The van der Waals surface area contributed by atoms with E-state index in [4.69, 9.17) is 0 Å². The van der Waals surface area contributed by atoms with Crippen molar-refractivity contribution >= 4 is 27.7 Å². The molecular weight excluding hydrogens is 322 g/mol. The molecule has 0 aliphatic carbocycles. The molecule has 1 aromatic rings. The number of carbonyl (C=O) groups is 1. The number of piperazine rings is 1. The van der Waals surface area contributed by atoms with Gasteiger partial charge in [-0.25, -0.2) is 8.42 Å². The van der Waals surface area contributed by atoms with E-state index in [0.717, 1.165) is 12.2 Å². The van der Waals surface area contributed by atoms with Gasteiger partial charge in [0, 0.05) is 38.6 Å². The third-order valence-corrected chi connectivity index (χ3v) is 5.83. The van der Waals surface area contributed by atoms with Crippen molar-refractivity contribution in [1.29, 1.82) is 0 Å². The number of sulfonamides is 1. The molecule has 6 nitrogen and oxygen atoms in total. The van der Waals surface area contributed by atoms with Crippen LogP contribution >= 0.6 is 11.8 Å². The average molecular weight is 345 g/mol. The molecular formula is C14H23N3O3S2. The molecule has 1 amide bonds. The lowest BCUT2D eigenvalue weighted by atomic mass is 10.1. The lowest BCUT2D eigenvalue weighted by molar-refractivity contribution is -0.136. The molecule has 0 spiro atoms. The minimum absolute atomic E-state index is 0.0819. The van der Waals surface area contributed by atoms with Crippen molar-refractivity contribution in [2.75, 3.05) is 44.4 Å². The van der Waals surface area contributed by atoms with Crippen LogP contribution in [-0.4, -0.2) is 72.5 Å². The minimum Gasteiger partial charge on any atom is -0.342 e. The molecule has 1 atom stereocenters. The van der Waals surface area contributed by atoms with Crippen LogP contribution in [0.25, 0.3) is 0 Å². The third kappa shape index (κ3) is 4.27. The summed E-state index contributed by atoms with van der Waals surface area (Å²) >= 11 is 1.72. The van der Waals surface area contributed by atoms with Gasteiger partial charge in [-0.1, -0.05) is 0 Å². The molecule has 8 heteroatoms. The first-order chi connectivity index (χ1) is 10.4. The molecule has 1 aliphatic rings. The van der Waals surface area contributed by atoms with Crippen LogP contribution in [0.15, 0.2) is 24.5 Å². The molecule has 0 N–H and O–H groups in total. The summed E-state index contributed by atoms with van der Waals surface area (Å²) in [4.78, 5) is 14.6. The van der Waals surface area contributed by atoms with Crippen molar-refractivity contribution in [3.63, 3.8) is 0 Å². The fourth-order valence-electron chi connectivity index (χ4n) is 2.64. The number of hydrogen-bond donors (Lipinski definition) is 0. The Morgan fingerprint density at radius 2 is 1.77 bits per heavy atom. The topological polar surface area (TPSA) is 62.6 Å². The molecule has 0 bridgehead atoms. The second-order valence-electron chi connectivity index (χ2n) is 5.41. The van der Waals surface area contributed by atoms with Crippen LogP contribution in [-0.2, 0) is 14.8 Å². The van der Waals surface area contributed by atoms with Crippen LogP contribution < -0.4 is 0 Å². The number of carbonyl (C=O) groups excluding carboxylic acids is 1. The molecule has 1 saturated heterocycles. The number of amides is 1. The summed E-state index contributed by atoms with van der Waals surface area (Å²) in [5.74, 6) is 0.996. The lowest BCUT2D eigenvalue weighted by Gasteiger charge is -2.35. The van der Waals surface area contributed by atoms with E-state index in [9.17, 15) is 13.2 Å². The smallest absolute Gasteiger partial charge is 0.245 e. The standard InChI is InChI=1S/C14H23N3O3S2/c1-21-12-5-13(15-6-3-4-7-15)14(18)16-8-10-17(11-9-16)22(2,19)20/h3-4,6-7,13H,5,8-12H2,1-2H3/t13-/m0/s1. The Labute approximate surface area is 136 Å². The predicted molar refractivity (Wildman–Crippen MR) is 89.5 cm³/mol. The van der Waals surface area contributed by atoms with Gasteiger partial charge in [0.15, 0.2) is 0 Å². The monoisotopic (exact) mass is 345 g/mol. The van der Waals surface area contributed by atoms with E-state index in [1.165, 1.54) is 10.6 Å². The van der Waals surface area contributed by atoms with Crippen molar-refractivity contribution in [3.8, 4) is 0 Å². The molecule has 0 saturated carbocycles. The Balaban J connectivity index is 2.02. The van der Waals surface area contributed by atoms with Crippen LogP contribution in [0, 0.1) is 0 Å². The summed E-state index contributed by atoms with van der Waals surface area (Å²) in [5, 5.41) is 0. The van der Waals surface area contributed by atoms with E-state index in [0.29, 0.717) is 26.2 Å². The number of nitrogens with zero attached hydrogens (tertiary/aromatic N) is 3. The molecule has 1 fully saturated rings. The quantitative estimate of drug-likeness (QED) is 0.768. The van der Waals surface area contributed by atoms with Gasteiger partial charge in [-0.3, -0.25) is 4.79 Å². The first-order valence-corrected chi connectivity index (χ1v) is 10.5. The van der Waals surface area contributed by atoms with Crippen molar-refractivity contribution in [2.24, 2.45) is 0 Å². The first kappa shape index (κ1) is 17.4. The van der Waals surface area contributed by atoms with E-state index in [1.54, 1.807) is 16.7 Å². The zero-order valence-corrected chi connectivity index (χ0v) is 14.6. The highest BCUT2D eigenvalue weighted by molar-refractivity contribution is 7.98. The van der Waals surface area contributed by atoms with Crippen LogP contribution in [0.4, 0.5) is 0 Å². The lowest BCUT2D eigenvalue weighted by Crippen LogP contribution is -2.51. The van der Waals surface area contributed by atoms with Crippen LogP contribution in [0.1, 0.15) is 12.5 Å². The predicted octanol–water partition coefficient (Wildman–Crippen LogP) is 0.886. The zero-order chi connectivity index (χ0) is 16.2. The second kappa shape index (κ2) is 7.52. The number of rotatable bonds is 6. The largest absolute Gasteiger partial charge is 0.342 e. The van der Waals surface area contributed by atoms with Gasteiger partial charge in [-0.2, -0.15) is 16.1 Å². The van der Waals surface area contributed by atoms with E-state index in [2.05, 4.69) is 0 Å². The number of hydrogen-bond acceptors (Lipinski definition) is 4. The highest BCUT2D eigenvalue weighted by atomic mass is 32.2.